The molecule has 0 aromatic heterocycles. The minimum absolute atomic E-state index is 0.0758. The summed E-state index contributed by atoms with van der Waals surface area (Å²) in [4.78, 5) is 14.4. The largest absolute Gasteiger partial charge is 0.388 e. The first-order valence-electron chi connectivity index (χ1n) is 8.51. The van der Waals surface area contributed by atoms with Crippen molar-refractivity contribution < 1.29 is 18.7 Å². The number of rotatable bonds is 6. The van der Waals surface area contributed by atoms with Crippen LogP contribution in [-0.2, 0) is 11.3 Å². The average molecular weight is 345 g/mol. The molecule has 1 atom stereocenters. The number of hydrogen-bond donors (Lipinski definition) is 1. The Balaban J connectivity index is 1.72. The van der Waals surface area contributed by atoms with Crippen LogP contribution >= 0.6 is 0 Å². The summed E-state index contributed by atoms with van der Waals surface area (Å²) in [7, 11) is 0. The maximum Gasteiger partial charge on any atom is 0.226 e. The van der Waals surface area contributed by atoms with Gasteiger partial charge in [-0.3, -0.25) is 4.79 Å². The lowest BCUT2D eigenvalue weighted by Gasteiger charge is -2.38. The van der Waals surface area contributed by atoms with Gasteiger partial charge in [-0.05, 0) is 43.0 Å². The third kappa shape index (κ3) is 4.23. The molecule has 0 heterocycles. The molecular weight excluding hydrogens is 324 g/mol. The molecule has 0 radical (unpaired) electrons. The number of hydrogen-bond acceptors (Lipinski definition) is 2. The van der Waals surface area contributed by atoms with Crippen molar-refractivity contribution in [3.8, 4) is 0 Å². The fraction of sp³-hybridized carbons (Fsp3) is 0.350. The second-order valence-corrected chi connectivity index (χ2v) is 6.47. The molecule has 0 spiro atoms. The van der Waals surface area contributed by atoms with Crippen molar-refractivity contribution in [2.45, 2.75) is 44.4 Å². The molecule has 1 aliphatic rings. The number of benzene rings is 2. The summed E-state index contributed by atoms with van der Waals surface area (Å²) < 4.78 is 27.2. The van der Waals surface area contributed by atoms with E-state index in [0.29, 0.717) is 11.1 Å². The van der Waals surface area contributed by atoms with Crippen molar-refractivity contribution >= 4 is 5.91 Å². The first-order valence-corrected chi connectivity index (χ1v) is 8.51. The van der Waals surface area contributed by atoms with Gasteiger partial charge >= 0.3 is 0 Å². The summed E-state index contributed by atoms with van der Waals surface area (Å²) in [6.45, 7) is 0.187. The molecule has 5 heteroatoms. The summed E-state index contributed by atoms with van der Waals surface area (Å²) in [5, 5.41) is 10.3. The van der Waals surface area contributed by atoms with Crippen molar-refractivity contribution in [2.24, 2.45) is 0 Å². The Morgan fingerprint density at radius 3 is 2.56 bits per heavy atom. The highest BCUT2D eigenvalue weighted by Crippen LogP contribution is 2.29. The highest BCUT2D eigenvalue weighted by atomic mass is 19.1. The Hall–Kier alpha value is -2.27. The molecule has 1 N–H and O–H groups in total. The van der Waals surface area contributed by atoms with Gasteiger partial charge in [-0.15, -0.1) is 0 Å². The van der Waals surface area contributed by atoms with Crippen molar-refractivity contribution in [3.05, 3.63) is 71.3 Å². The smallest absolute Gasteiger partial charge is 0.226 e. The van der Waals surface area contributed by atoms with Crippen molar-refractivity contribution in [2.75, 3.05) is 0 Å². The van der Waals surface area contributed by atoms with E-state index in [0.717, 1.165) is 19.3 Å². The highest BCUT2D eigenvalue weighted by molar-refractivity contribution is 5.77. The minimum atomic E-state index is -1.08. The lowest BCUT2D eigenvalue weighted by Crippen LogP contribution is -2.44. The van der Waals surface area contributed by atoms with Crippen LogP contribution in [0, 0.1) is 11.6 Å². The van der Waals surface area contributed by atoms with E-state index in [1.807, 2.05) is 0 Å². The number of aliphatic hydroxyl groups is 1. The summed E-state index contributed by atoms with van der Waals surface area (Å²) in [6.07, 6.45) is 1.59. The first-order chi connectivity index (χ1) is 12.0. The van der Waals surface area contributed by atoms with Crippen LogP contribution in [0.1, 0.15) is 42.9 Å². The van der Waals surface area contributed by atoms with Gasteiger partial charge in [0, 0.05) is 18.2 Å². The molecule has 1 saturated carbocycles. The average Bonchev–Trinajstić information content (AvgIpc) is 2.54. The number of amides is 1. The molecule has 3 rings (SSSR count). The van der Waals surface area contributed by atoms with E-state index in [1.165, 1.54) is 24.3 Å². The third-order valence-electron chi connectivity index (χ3n) is 4.74. The van der Waals surface area contributed by atoms with E-state index in [-0.39, 0.29) is 30.7 Å². The third-order valence-corrected chi connectivity index (χ3v) is 4.74. The molecule has 1 fully saturated rings. The van der Waals surface area contributed by atoms with Gasteiger partial charge < -0.3 is 10.0 Å². The zero-order chi connectivity index (χ0) is 17.8. The van der Waals surface area contributed by atoms with Crippen molar-refractivity contribution in [3.63, 3.8) is 0 Å². The first kappa shape index (κ1) is 17.5. The number of aliphatic hydroxyl groups excluding tert-OH is 1. The topological polar surface area (TPSA) is 40.5 Å². The van der Waals surface area contributed by atoms with Crippen molar-refractivity contribution in [1.82, 2.24) is 4.90 Å². The van der Waals surface area contributed by atoms with Crippen LogP contribution in [0.3, 0.4) is 0 Å². The van der Waals surface area contributed by atoms with Crippen LogP contribution in [0.15, 0.2) is 48.5 Å². The highest BCUT2D eigenvalue weighted by Gasteiger charge is 2.30. The number of halogens is 2. The fourth-order valence-corrected chi connectivity index (χ4v) is 3.04. The van der Waals surface area contributed by atoms with E-state index >= 15 is 0 Å². The van der Waals surface area contributed by atoms with Crippen LogP contribution in [0.4, 0.5) is 8.78 Å². The summed E-state index contributed by atoms with van der Waals surface area (Å²) in [5.41, 5.74) is 0.829. The zero-order valence-corrected chi connectivity index (χ0v) is 13.9. The maximum absolute atomic E-state index is 13.9. The van der Waals surface area contributed by atoms with Gasteiger partial charge in [0.15, 0.2) is 0 Å². The summed E-state index contributed by atoms with van der Waals surface area (Å²) >= 11 is 0. The van der Waals surface area contributed by atoms with E-state index in [4.69, 9.17) is 0 Å². The fourth-order valence-electron chi connectivity index (χ4n) is 3.04. The van der Waals surface area contributed by atoms with Gasteiger partial charge in [0.2, 0.25) is 5.91 Å². The standard InChI is InChI=1S/C20H21F2NO2/c21-16-7-3-6-14(11-16)19(24)12-20(25)23(17-8-4-9-17)13-15-5-1-2-10-18(15)22/h1-3,5-7,10-11,17,19,24H,4,8-9,12-13H2. The van der Waals surface area contributed by atoms with Gasteiger partial charge in [0.05, 0.1) is 12.5 Å². The summed E-state index contributed by atoms with van der Waals surface area (Å²) in [6, 6.07) is 12.1. The second kappa shape index (κ2) is 7.74. The van der Waals surface area contributed by atoms with Gasteiger partial charge in [-0.1, -0.05) is 30.3 Å². The second-order valence-electron chi connectivity index (χ2n) is 6.47. The quantitative estimate of drug-likeness (QED) is 0.861. The Morgan fingerprint density at radius 2 is 1.92 bits per heavy atom. The van der Waals surface area contributed by atoms with E-state index in [1.54, 1.807) is 29.2 Å². The number of nitrogens with zero attached hydrogens (tertiary/aromatic N) is 1. The van der Waals surface area contributed by atoms with Crippen LogP contribution in [-0.4, -0.2) is 22.0 Å². The van der Waals surface area contributed by atoms with Gasteiger partial charge in [0.25, 0.3) is 0 Å². The normalized spacial score (nSPS) is 15.5. The van der Waals surface area contributed by atoms with Crippen LogP contribution in [0.2, 0.25) is 0 Å². The van der Waals surface area contributed by atoms with Crippen LogP contribution in [0.5, 0.6) is 0 Å². The molecule has 2 aromatic carbocycles. The Kier molecular flexibility index (Phi) is 5.43. The molecule has 25 heavy (non-hydrogen) atoms. The Labute approximate surface area is 145 Å². The molecule has 132 valence electrons. The van der Waals surface area contributed by atoms with Crippen LogP contribution in [0.25, 0.3) is 0 Å². The minimum Gasteiger partial charge on any atom is -0.388 e. The number of carbonyl (C=O) groups is 1. The molecule has 0 saturated heterocycles. The molecule has 1 unspecified atom stereocenters. The molecule has 0 aliphatic heterocycles. The molecule has 2 aromatic rings. The zero-order valence-electron chi connectivity index (χ0n) is 13.9. The lowest BCUT2D eigenvalue weighted by molar-refractivity contribution is -0.138. The van der Waals surface area contributed by atoms with E-state index < -0.39 is 11.9 Å². The summed E-state index contributed by atoms with van der Waals surface area (Å²) in [5.74, 6) is -1.04. The van der Waals surface area contributed by atoms with Gasteiger partial charge in [-0.25, -0.2) is 8.78 Å². The van der Waals surface area contributed by atoms with E-state index in [2.05, 4.69) is 0 Å². The van der Waals surface area contributed by atoms with Gasteiger partial charge in [-0.2, -0.15) is 0 Å². The maximum atomic E-state index is 13.9. The Morgan fingerprint density at radius 1 is 1.16 bits per heavy atom. The van der Waals surface area contributed by atoms with E-state index in [9.17, 15) is 18.7 Å². The Bertz CT molecular complexity index is 746. The van der Waals surface area contributed by atoms with Crippen LogP contribution < -0.4 is 0 Å². The van der Waals surface area contributed by atoms with Crippen molar-refractivity contribution in [1.29, 1.82) is 0 Å². The molecule has 1 aliphatic carbocycles. The monoisotopic (exact) mass is 345 g/mol. The molecular formula is C20H21F2NO2. The number of carbonyl (C=O) groups excluding carboxylic acids is 1. The predicted octanol–water partition coefficient (Wildman–Crippen LogP) is 3.97. The predicted molar refractivity (Wildman–Crippen MR) is 90.6 cm³/mol. The molecule has 0 bridgehead atoms. The van der Waals surface area contributed by atoms with Gasteiger partial charge in [0.1, 0.15) is 11.6 Å². The molecule has 1 amide bonds. The molecule has 3 nitrogen and oxygen atoms in total. The lowest BCUT2D eigenvalue weighted by atomic mass is 9.90. The SMILES string of the molecule is O=C(CC(O)c1cccc(F)c1)N(Cc1ccccc1F)C1CCC1.